The Morgan fingerprint density at radius 1 is 0.847 bits per heavy atom. The van der Waals surface area contributed by atoms with Gasteiger partial charge in [-0.1, -0.05) is 102 Å². The van der Waals surface area contributed by atoms with Crippen LogP contribution < -0.4 is 31.9 Å². The fraction of sp³-hybridized carbons (Fsp3) is 0.536. The molecule has 8 rings (SSSR count). The van der Waals surface area contributed by atoms with E-state index in [1.165, 1.54) is 62.1 Å². The first kappa shape index (κ1) is 55.4. The van der Waals surface area contributed by atoms with E-state index in [-0.39, 0.29) is 18.3 Å². The Morgan fingerprint density at radius 3 is 2.14 bits per heavy atom. The van der Waals surface area contributed by atoms with Gasteiger partial charge in [0.25, 0.3) is 0 Å². The van der Waals surface area contributed by atoms with Crippen molar-refractivity contribution in [3.8, 4) is 0 Å². The molecule has 13 nitrogen and oxygen atoms in total. The predicted molar refractivity (Wildman–Crippen MR) is 299 cm³/mol. The second-order valence-electron chi connectivity index (χ2n) is 21.4. The molecule has 0 radical (unpaired) electrons. The SMILES string of the molecule is C=C(NC1CCC(C(C)(C)C)CC1)c1cnc(Nc2ncc3ncsc3c2C)cc1NCC(C)C.C=C(NCC(F)C(C)C)c1cnc(Nc2nc3ccnn3cc2F)cc1N[C@H]1CCCC1C.CCCC. The van der Waals surface area contributed by atoms with Gasteiger partial charge in [-0.2, -0.15) is 5.10 Å². The lowest BCUT2D eigenvalue weighted by Gasteiger charge is -2.37. The van der Waals surface area contributed by atoms with Crippen molar-refractivity contribution in [2.24, 2.45) is 29.1 Å². The van der Waals surface area contributed by atoms with Crippen LogP contribution in [0.25, 0.3) is 27.3 Å². The molecular weight excluding hydrogens is 925 g/mol. The van der Waals surface area contributed by atoms with Crippen LogP contribution >= 0.6 is 11.3 Å². The molecule has 3 atom stereocenters. The van der Waals surface area contributed by atoms with Crippen molar-refractivity contribution in [3.05, 3.63) is 90.4 Å². The summed E-state index contributed by atoms with van der Waals surface area (Å²) < 4.78 is 31.2. The van der Waals surface area contributed by atoms with E-state index in [2.05, 4.69) is 138 Å². The number of fused-ring (bicyclic) bond motifs is 2. The van der Waals surface area contributed by atoms with E-state index in [1.807, 2.05) is 37.8 Å². The van der Waals surface area contributed by atoms with Gasteiger partial charge in [0.2, 0.25) is 0 Å². The van der Waals surface area contributed by atoms with E-state index in [9.17, 15) is 8.78 Å². The highest BCUT2D eigenvalue weighted by Gasteiger charge is 2.30. The number of anilines is 6. The van der Waals surface area contributed by atoms with Crippen LogP contribution in [-0.4, -0.2) is 65.9 Å². The van der Waals surface area contributed by atoms with Crippen molar-refractivity contribution in [3.63, 3.8) is 0 Å². The summed E-state index contributed by atoms with van der Waals surface area (Å²) in [6, 6.07) is 6.37. The van der Waals surface area contributed by atoms with Gasteiger partial charge in [-0.05, 0) is 74.5 Å². The topological polar surface area (TPSA) is 154 Å². The van der Waals surface area contributed by atoms with Gasteiger partial charge in [0.15, 0.2) is 17.3 Å². The van der Waals surface area contributed by atoms with Crippen molar-refractivity contribution >= 4 is 73.2 Å². The average molecular weight is 1010 g/mol. The number of thiazole rings is 1. The largest absolute Gasteiger partial charge is 0.384 e. The zero-order valence-corrected chi connectivity index (χ0v) is 45.5. The highest BCUT2D eigenvalue weighted by atomic mass is 32.1. The minimum atomic E-state index is -0.977. The van der Waals surface area contributed by atoms with Gasteiger partial charge < -0.3 is 31.9 Å². The lowest BCUT2D eigenvalue weighted by atomic mass is 9.71. The molecule has 2 aliphatic carbocycles. The summed E-state index contributed by atoms with van der Waals surface area (Å²) >= 11 is 1.63. The van der Waals surface area contributed by atoms with Crippen LogP contribution in [0, 0.1) is 41.8 Å². The van der Waals surface area contributed by atoms with Gasteiger partial charge in [0, 0.05) is 95.2 Å². The zero-order chi connectivity index (χ0) is 52.1. The molecule has 390 valence electrons. The minimum Gasteiger partial charge on any atom is -0.384 e. The van der Waals surface area contributed by atoms with Crippen LogP contribution in [-0.2, 0) is 0 Å². The van der Waals surface area contributed by atoms with Crippen LogP contribution in [0.2, 0.25) is 0 Å². The molecule has 0 amide bonds. The van der Waals surface area contributed by atoms with Crippen LogP contribution in [0.4, 0.5) is 43.4 Å². The lowest BCUT2D eigenvalue weighted by molar-refractivity contribution is 0.165. The highest BCUT2D eigenvalue weighted by Crippen LogP contribution is 2.39. The van der Waals surface area contributed by atoms with E-state index in [0.29, 0.717) is 46.5 Å². The zero-order valence-electron chi connectivity index (χ0n) is 44.7. The minimum absolute atomic E-state index is 0.0672. The number of nitrogens with one attached hydrogen (secondary N) is 6. The van der Waals surface area contributed by atoms with E-state index < -0.39 is 12.0 Å². The average Bonchev–Trinajstić information content (AvgIpc) is 4.13. The number of unbranched alkanes of at least 4 members (excludes halogenated alkanes) is 1. The number of halogens is 2. The second-order valence-corrected chi connectivity index (χ2v) is 22.3. The molecule has 2 unspecified atom stereocenters. The van der Waals surface area contributed by atoms with Crippen molar-refractivity contribution in [1.29, 1.82) is 0 Å². The van der Waals surface area contributed by atoms with E-state index in [0.717, 1.165) is 74.5 Å². The summed E-state index contributed by atoms with van der Waals surface area (Å²) in [4.78, 5) is 22.4. The molecule has 6 aromatic rings. The summed E-state index contributed by atoms with van der Waals surface area (Å²) in [6.07, 6.45) is 18.2. The maximum atomic E-state index is 14.5. The van der Waals surface area contributed by atoms with Crippen molar-refractivity contribution in [2.45, 2.75) is 152 Å². The summed E-state index contributed by atoms with van der Waals surface area (Å²) in [5.74, 6) is 3.32. The number of hydrogen-bond acceptors (Lipinski definition) is 13. The summed E-state index contributed by atoms with van der Waals surface area (Å²) in [6.45, 7) is 33.4. The van der Waals surface area contributed by atoms with Gasteiger partial charge in [-0.15, -0.1) is 11.3 Å². The molecule has 0 aromatic carbocycles. The number of nitrogens with zero attached hydrogens (tertiary/aromatic N) is 7. The van der Waals surface area contributed by atoms with Gasteiger partial charge in [0.05, 0.1) is 34.3 Å². The summed E-state index contributed by atoms with van der Waals surface area (Å²) in [5, 5.41) is 24.4. The summed E-state index contributed by atoms with van der Waals surface area (Å²) in [7, 11) is 0. The summed E-state index contributed by atoms with van der Waals surface area (Å²) in [5.41, 5.74) is 9.96. The van der Waals surface area contributed by atoms with E-state index in [1.54, 1.807) is 29.8 Å². The fourth-order valence-corrected chi connectivity index (χ4v) is 9.66. The molecular formula is C56H81F2N13S. The number of aromatic nitrogens is 7. The molecule has 2 fully saturated rings. The smallest absolute Gasteiger partial charge is 0.184 e. The maximum absolute atomic E-state index is 14.5. The van der Waals surface area contributed by atoms with E-state index in [4.69, 9.17) is 4.98 Å². The molecule has 6 aromatic heterocycles. The Kier molecular flexibility index (Phi) is 19.7. The third kappa shape index (κ3) is 15.1. The molecule has 0 saturated heterocycles. The van der Waals surface area contributed by atoms with Crippen molar-refractivity contribution in [2.75, 3.05) is 34.4 Å². The van der Waals surface area contributed by atoms with Crippen molar-refractivity contribution in [1.82, 2.24) is 45.2 Å². The van der Waals surface area contributed by atoms with Crippen LogP contribution in [0.5, 0.6) is 0 Å². The molecule has 2 aliphatic rings. The number of rotatable bonds is 18. The van der Waals surface area contributed by atoms with Crippen LogP contribution in [0.1, 0.15) is 144 Å². The molecule has 6 N–H and O–H groups in total. The van der Waals surface area contributed by atoms with Gasteiger partial charge >= 0.3 is 0 Å². The Morgan fingerprint density at radius 2 is 1.51 bits per heavy atom. The Labute approximate surface area is 431 Å². The van der Waals surface area contributed by atoms with Crippen LogP contribution in [0.15, 0.2) is 67.9 Å². The number of hydrogen-bond donors (Lipinski definition) is 6. The Bertz CT molecular complexity index is 2700. The maximum Gasteiger partial charge on any atom is 0.184 e. The highest BCUT2D eigenvalue weighted by molar-refractivity contribution is 7.17. The lowest BCUT2D eigenvalue weighted by Crippen LogP contribution is -2.35. The number of aryl methyl sites for hydroxylation is 1. The standard InChI is InChI=1S/C28H40N6S.C24H31F2N7.C4H10/c1-17(2)13-29-23-12-25(34-27-18(3)26-24(15-31-27)32-16-35-26)30-14-22(23)19(4)33-21-10-8-20(9-11-21)28(5,6)7;1-14(2)18(25)12-27-16(4)17-11-28-22(10-21(17)30-20-7-5-6-15(20)3)31-24-19(26)13-33-23(32-24)8-9-29-33;1-3-4-2/h12,14-17,20-21,33H,4,8-11,13H2,1-3,5-7H3,(H2,29,30,31,34);8-11,13-15,18,20,27H,4-7,12H2,1-3H3,(H2,28,30,31,32);3-4H2,1-2H3/t;15?,18?,20-;/m.0./s1. The van der Waals surface area contributed by atoms with Gasteiger partial charge in [0.1, 0.15) is 23.6 Å². The first-order chi connectivity index (χ1) is 34.3. The molecule has 0 bridgehead atoms. The molecule has 16 heteroatoms. The number of alkyl halides is 1. The monoisotopic (exact) mass is 1010 g/mol. The van der Waals surface area contributed by atoms with Crippen LogP contribution in [0.3, 0.4) is 0 Å². The first-order valence-electron chi connectivity index (χ1n) is 26.1. The second kappa shape index (κ2) is 25.7. The van der Waals surface area contributed by atoms with Gasteiger partial charge in [-0.3, -0.25) is 0 Å². The Balaban J connectivity index is 0.000000219. The normalized spacial score (nSPS) is 18.2. The Hall–Kier alpha value is -5.90. The molecule has 0 spiro atoms. The predicted octanol–water partition coefficient (Wildman–Crippen LogP) is 14.3. The number of pyridine rings is 3. The van der Waals surface area contributed by atoms with Crippen molar-refractivity contribution < 1.29 is 8.78 Å². The first-order valence-corrected chi connectivity index (χ1v) is 27.0. The molecule has 72 heavy (non-hydrogen) atoms. The van der Waals surface area contributed by atoms with E-state index >= 15 is 0 Å². The molecule has 2 saturated carbocycles. The molecule has 0 aliphatic heterocycles. The third-order valence-corrected chi connectivity index (χ3v) is 14.8. The quantitative estimate of drug-likeness (QED) is 0.0486. The van der Waals surface area contributed by atoms with Gasteiger partial charge in [-0.25, -0.2) is 38.2 Å². The third-order valence-electron chi connectivity index (χ3n) is 13.9. The fourth-order valence-electron chi connectivity index (χ4n) is 8.89. The molecule has 6 heterocycles.